The van der Waals surface area contributed by atoms with E-state index in [1.54, 1.807) is 4.68 Å². The lowest BCUT2D eigenvalue weighted by Gasteiger charge is -2.12. The highest BCUT2D eigenvalue weighted by molar-refractivity contribution is 9.10. The molecule has 1 atom stereocenters. The average Bonchev–Trinajstić information content (AvgIpc) is 2.84. The van der Waals surface area contributed by atoms with Gasteiger partial charge >= 0.3 is 0 Å². The van der Waals surface area contributed by atoms with Crippen molar-refractivity contribution in [1.29, 1.82) is 0 Å². The van der Waals surface area contributed by atoms with E-state index in [0.717, 1.165) is 22.7 Å². The topological polar surface area (TPSA) is 43.0 Å². The Morgan fingerprint density at radius 3 is 2.81 bits per heavy atom. The third kappa shape index (κ3) is 2.36. The van der Waals surface area contributed by atoms with Crippen LogP contribution in [0.2, 0.25) is 0 Å². The second kappa shape index (κ2) is 4.84. The van der Waals surface area contributed by atoms with Crippen LogP contribution in [-0.2, 0) is 7.05 Å². The van der Waals surface area contributed by atoms with E-state index in [4.69, 9.17) is 4.42 Å². The van der Waals surface area contributed by atoms with Crippen molar-refractivity contribution in [2.24, 2.45) is 7.05 Å². The van der Waals surface area contributed by atoms with E-state index in [-0.39, 0.29) is 6.04 Å². The molecule has 2 aromatic heterocycles. The molecule has 0 aliphatic rings. The molecular weight excluding hydrogens is 270 g/mol. The smallest absolute Gasteiger partial charge is 0.169 e. The van der Waals surface area contributed by atoms with Gasteiger partial charge in [0.15, 0.2) is 4.67 Å². The monoisotopic (exact) mass is 283 g/mol. The molecule has 5 heteroatoms. The first-order valence-electron chi connectivity index (χ1n) is 5.19. The Labute approximate surface area is 103 Å². The molecule has 0 radical (unpaired) electrons. The maximum Gasteiger partial charge on any atom is 0.169 e. The van der Waals surface area contributed by atoms with Crippen molar-refractivity contribution in [1.82, 2.24) is 15.1 Å². The standard InChI is InChI=1S/C11H14BrN3O/c1-3-13-11(8-6-7-15(2)14-8)9-4-5-10(12)16-9/h4-7,11,13H,3H2,1-2H3. The van der Waals surface area contributed by atoms with Crippen LogP contribution in [0.25, 0.3) is 0 Å². The Morgan fingerprint density at radius 2 is 2.31 bits per heavy atom. The number of nitrogens with one attached hydrogen (secondary N) is 1. The number of halogens is 1. The fourth-order valence-electron chi connectivity index (χ4n) is 1.63. The van der Waals surface area contributed by atoms with E-state index >= 15 is 0 Å². The molecule has 1 N–H and O–H groups in total. The van der Waals surface area contributed by atoms with Crippen LogP contribution in [0.5, 0.6) is 0 Å². The molecule has 0 saturated carbocycles. The van der Waals surface area contributed by atoms with Crippen LogP contribution >= 0.6 is 15.9 Å². The maximum absolute atomic E-state index is 5.57. The van der Waals surface area contributed by atoms with E-state index in [9.17, 15) is 0 Å². The number of hydrogen-bond donors (Lipinski definition) is 1. The van der Waals surface area contributed by atoms with Gasteiger partial charge in [0, 0.05) is 13.2 Å². The summed E-state index contributed by atoms with van der Waals surface area (Å²) in [5.74, 6) is 0.868. The molecule has 0 spiro atoms. The first-order chi connectivity index (χ1) is 7.70. The lowest BCUT2D eigenvalue weighted by atomic mass is 10.1. The summed E-state index contributed by atoms with van der Waals surface area (Å²) >= 11 is 3.31. The van der Waals surface area contributed by atoms with Crippen LogP contribution in [0.1, 0.15) is 24.4 Å². The summed E-state index contributed by atoms with van der Waals surface area (Å²) in [4.78, 5) is 0. The predicted octanol–water partition coefficient (Wildman–Crippen LogP) is 2.47. The van der Waals surface area contributed by atoms with Gasteiger partial charge in [-0.3, -0.25) is 4.68 Å². The fourth-order valence-corrected chi connectivity index (χ4v) is 1.94. The number of rotatable bonds is 4. The van der Waals surface area contributed by atoms with E-state index < -0.39 is 0 Å². The van der Waals surface area contributed by atoms with Gasteiger partial charge in [-0.05, 0) is 40.7 Å². The molecule has 86 valence electrons. The predicted molar refractivity (Wildman–Crippen MR) is 65.1 cm³/mol. The molecular formula is C11H14BrN3O. The summed E-state index contributed by atoms with van der Waals surface area (Å²) in [6.07, 6.45) is 1.93. The Kier molecular flexibility index (Phi) is 3.46. The molecule has 2 rings (SSSR count). The summed E-state index contributed by atoms with van der Waals surface area (Å²) in [6, 6.07) is 5.84. The number of aromatic nitrogens is 2. The number of hydrogen-bond acceptors (Lipinski definition) is 3. The second-order valence-corrected chi connectivity index (χ2v) is 4.33. The molecule has 0 aliphatic carbocycles. The lowest BCUT2D eigenvalue weighted by Crippen LogP contribution is -2.22. The molecule has 4 nitrogen and oxygen atoms in total. The van der Waals surface area contributed by atoms with E-state index in [1.165, 1.54) is 0 Å². The third-order valence-electron chi connectivity index (χ3n) is 2.32. The summed E-state index contributed by atoms with van der Waals surface area (Å²) in [7, 11) is 1.91. The Balaban J connectivity index is 2.30. The molecule has 0 saturated heterocycles. The van der Waals surface area contributed by atoms with Crippen molar-refractivity contribution in [2.45, 2.75) is 13.0 Å². The molecule has 2 heterocycles. The van der Waals surface area contributed by atoms with Gasteiger partial charge < -0.3 is 9.73 Å². The fraction of sp³-hybridized carbons (Fsp3) is 0.364. The van der Waals surface area contributed by atoms with Crippen LogP contribution in [0, 0.1) is 0 Å². The van der Waals surface area contributed by atoms with Crippen molar-refractivity contribution >= 4 is 15.9 Å². The minimum Gasteiger partial charge on any atom is -0.452 e. The first kappa shape index (κ1) is 11.4. The van der Waals surface area contributed by atoms with Gasteiger partial charge in [-0.2, -0.15) is 5.10 Å². The van der Waals surface area contributed by atoms with Crippen LogP contribution in [0.4, 0.5) is 0 Å². The van der Waals surface area contributed by atoms with Crippen molar-refractivity contribution in [2.75, 3.05) is 6.54 Å². The zero-order valence-electron chi connectivity index (χ0n) is 9.27. The first-order valence-corrected chi connectivity index (χ1v) is 5.98. The molecule has 0 bridgehead atoms. The van der Waals surface area contributed by atoms with Gasteiger partial charge in [0.25, 0.3) is 0 Å². The molecule has 1 unspecified atom stereocenters. The molecule has 0 aromatic carbocycles. The lowest BCUT2D eigenvalue weighted by molar-refractivity contribution is 0.431. The van der Waals surface area contributed by atoms with Gasteiger partial charge in [0.2, 0.25) is 0 Å². The number of nitrogens with zero attached hydrogens (tertiary/aromatic N) is 2. The summed E-state index contributed by atoms with van der Waals surface area (Å²) in [6.45, 7) is 2.92. The van der Waals surface area contributed by atoms with Crippen molar-refractivity contribution < 1.29 is 4.42 Å². The van der Waals surface area contributed by atoms with Gasteiger partial charge in [0.1, 0.15) is 11.8 Å². The highest BCUT2D eigenvalue weighted by Gasteiger charge is 2.18. The second-order valence-electron chi connectivity index (χ2n) is 3.55. The van der Waals surface area contributed by atoms with Crippen LogP contribution in [0.3, 0.4) is 0 Å². The van der Waals surface area contributed by atoms with Crippen molar-refractivity contribution in [3.05, 3.63) is 40.5 Å². The largest absolute Gasteiger partial charge is 0.452 e. The van der Waals surface area contributed by atoms with Gasteiger partial charge in [-0.25, -0.2) is 0 Å². The maximum atomic E-state index is 5.57. The number of aryl methyl sites for hydroxylation is 1. The van der Waals surface area contributed by atoms with Gasteiger partial charge in [-0.1, -0.05) is 6.92 Å². The van der Waals surface area contributed by atoms with Gasteiger partial charge in [0.05, 0.1) is 5.69 Å². The molecule has 2 aromatic rings. The summed E-state index contributed by atoms with van der Waals surface area (Å²) in [5, 5.41) is 7.75. The summed E-state index contributed by atoms with van der Waals surface area (Å²) < 4.78 is 8.09. The SMILES string of the molecule is CCNC(c1ccn(C)n1)c1ccc(Br)o1. The van der Waals surface area contributed by atoms with Crippen LogP contribution in [0.15, 0.2) is 33.5 Å². The zero-order valence-corrected chi connectivity index (χ0v) is 10.9. The minimum atomic E-state index is 0.0116. The molecule has 0 aliphatic heterocycles. The highest BCUT2D eigenvalue weighted by Crippen LogP contribution is 2.24. The van der Waals surface area contributed by atoms with E-state index in [0.29, 0.717) is 0 Å². The number of furan rings is 1. The summed E-state index contributed by atoms with van der Waals surface area (Å²) in [5.41, 5.74) is 0.964. The average molecular weight is 284 g/mol. The Morgan fingerprint density at radius 1 is 1.50 bits per heavy atom. The molecule has 0 amide bonds. The quantitative estimate of drug-likeness (QED) is 0.938. The van der Waals surface area contributed by atoms with Crippen molar-refractivity contribution in [3.8, 4) is 0 Å². The normalized spacial score (nSPS) is 12.9. The van der Waals surface area contributed by atoms with Crippen LogP contribution in [-0.4, -0.2) is 16.3 Å². The zero-order chi connectivity index (χ0) is 11.5. The molecule has 0 fully saturated rings. The van der Waals surface area contributed by atoms with Crippen molar-refractivity contribution in [3.63, 3.8) is 0 Å². The third-order valence-corrected chi connectivity index (χ3v) is 2.74. The van der Waals surface area contributed by atoms with E-state index in [2.05, 4.69) is 33.3 Å². The van der Waals surface area contributed by atoms with E-state index in [1.807, 2.05) is 31.4 Å². The Hall–Kier alpha value is -1.07. The minimum absolute atomic E-state index is 0.0116. The van der Waals surface area contributed by atoms with Crippen LogP contribution < -0.4 is 5.32 Å². The molecule has 16 heavy (non-hydrogen) atoms. The van der Waals surface area contributed by atoms with Gasteiger partial charge in [-0.15, -0.1) is 0 Å². The Bertz CT molecular complexity index is 423. The highest BCUT2D eigenvalue weighted by atomic mass is 79.9.